The van der Waals surface area contributed by atoms with Crippen molar-refractivity contribution in [1.82, 2.24) is 19.7 Å². The molecule has 0 fully saturated rings. The first-order valence-electron chi connectivity index (χ1n) is 5.81. The number of nitrogens with zero attached hydrogens (tertiary/aromatic N) is 4. The highest BCUT2D eigenvalue weighted by atomic mass is 15.3. The van der Waals surface area contributed by atoms with Gasteiger partial charge in [-0.15, -0.1) is 0 Å². The second-order valence-electron chi connectivity index (χ2n) is 5.59. The minimum atomic E-state index is -0.0722. The van der Waals surface area contributed by atoms with E-state index in [1.165, 1.54) is 6.33 Å². The molecule has 0 aliphatic carbocycles. The van der Waals surface area contributed by atoms with Crippen LogP contribution in [0, 0.1) is 0 Å². The number of hydrogen-bond acceptors (Lipinski definition) is 4. The van der Waals surface area contributed by atoms with Gasteiger partial charge in [0, 0.05) is 11.5 Å². The third-order valence-electron chi connectivity index (χ3n) is 2.72. The number of anilines is 1. The molecule has 17 heavy (non-hydrogen) atoms. The zero-order chi connectivity index (χ0) is 12.8. The van der Waals surface area contributed by atoms with Gasteiger partial charge in [-0.3, -0.25) is 0 Å². The van der Waals surface area contributed by atoms with Crippen molar-refractivity contribution in [2.45, 2.75) is 46.1 Å². The van der Waals surface area contributed by atoms with Gasteiger partial charge in [-0.2, -0.15) is 5.10 Å². The van der Waals surface area contributed by atoms with E-state index in [-0.39, 0.29) is 11.5 Å². The molecule has 2 heterocycles. The first-order valence-corrected chi connectivity index (χ1v) is 5.81. The summed E-state index contributed by atoms with van der Waals surface area (Å²) in [6, 6.07) is 0.253. The summed E-state index contributed by atoms with van der Waals surface area (Å²) in [7, 11) is 0. The number of nitrogen functional groups attached to an aromatic ring is 1. The maximum Gasteiger partial charge on any atom is 0.163 e. The van der Waals surface area contributed by atoms with Crippen LogP contribution in [-0.2, 0) is 5.41 Å². The molecule has 5 heteroatoms. The topological polar surface area (TPSA) is 69.6 Å². The first kappa shape index (κ1) is 11.8. The highest BCUT2D eigenvalue weighted by Crippen LogP contribution is 2.31. The average Bonchev–Trinajstić information content (AvgIpc) is 2.57. The summed E-state index contributed by atoms with van der Waals surface area (Å²) in [4.78, 5) is 8.37. The van der Waals surface area contributed by atoms with Crippen molar-refractivity contribution >= 4 is 16.9 Å². The maximum absolute atomic E-state index is 5.96. The molecule has 92 valence electrons. The Hall–Kier alpha value is -1.65. The van der Waals surface area contributed by atoms with E-state index in [1.54, 1.807) is 0 Å². The fourth-order valence-electron chi connectivity index (χ4n) is 1.88. The summed E-state index contributed by atoms with van der Waals surface area (Å²) in [5.74, 6) is 0.506. The number of aromatic nitrogens is 4. The van der Waals surface area contributed by atoms with E-state index in [1.807, 2.05) is 4.68 Å². The minimum Gasteiger partial charge on any atom is -0.383 e. The van der Waals surface area contributed by atoms with Gasteiger partial charge < -0.3 is 5.73 Å². The molecule has 0 bridgehead atoms. The lowest BCUT2D eigenvalue weighted by Gasteiger charge is -2.15. The smallest absolute Gasteiger partial charge is 0.163 e. The van der Waals surface area contributed by atoms with E-state index in [0.717, 1.165) is 16.7 Å². The summed E-state index contributed by atoms with van der Waals surface area (Å²) >= 11 is 0. The van der Waals surface area contributed by atoms with Crippen molar-refractivity contribution in [3.63, 3.8) is 0 Å². The Morgan fingerprint density at radius 3 is 2.41 bits per heavy atom. The van der Waals surface area contributed by atoms with Gasteiger partial charge in [-0.1, -0.05) is 20.8 Å². The van der Waals surface area contributed by atoms with E-state index in [0.29, 0.717) is 5.82 Å². The molecule has 0 aromatic carbocycles. The van der Waals surface area contributed by atoms with Gasteiger partial charge in [-0.05, 0) is 13.8 Å². The third-order valence-corrected chi connectivity index (χ3v) is 2.72. The molecule has 2 aromatic rings. The van der Waals surface area contributed by atoms with Crippen molar-refractivity contribution in [3.05, 3.63) is 12.0 Å². The first-order chi connectivity index (χ1) is 7.82. The van der Waals surface area contributed by atoms with Crippen LogP contribution in [0.3, 0.4) is 0 Å². The zero-order valence-electron chi connectivity index (χ0n) is 11.0. The number of nitrogens with two attached hydrogens (primary N) is 1. The molecule has 2 rings (SSSR count). The summed E-state index contributed by atoms with van der Waals surface area (Å²) in [5.41, 5.74) is 7.67. The predicted octanol–water partition coefficient (Wildman–Crippen LogP) is 2.29. The minimum absolute atomic E-state index is 0.0722. The SMILES string of the molecule is CC(C)n1nc(C(C)(C)C)c2c(N)ncnc21. The Kier molecular flexibility index (Phi) is 2.56. The van der Waals surface area contributed by atoms with Gasteiger partial charge in [0.15, 0.2) is 5.65 Å². The van der Waals surface area contributed by atoms with Crippen molar-refractivity contribution in [1.29, 1.82) is 0 Å². The molecule has 5 nitrogen and oxygen atoms in total. The quantitative estimate of drug-likeness (QED) is 0.820. The van der Waals surface area contributed by atoms with Gasteiger partial charge in [-0.25, -0.2) is 14.6 Å². The van der Waals surface area contributed by atoms with Crippen LogP contribution in [0.1, 0.15) is 46.4 Å². The molecule has 2 N–H and O–H groups in total. The van der Waals surface area contributed by atoms with Crippen LogP contribution in [-0.4, -0.2) is 19.7 Å². The highest BCUT2D eigenvalue weighted by Gasteiger charge is 2.25. The fourth-order valence-corrected chi connectivity index (χ4v) is 1.88. The van der Waals surface area contributed by atoms with Crippen LogP contribution < -0.4 is 5.73 Å². The number of rotatable bonds is 1. The zero-order valence-corrected chi connectivity index (χ0v) is 11.0. The molecule has 0 atom stereocenters. The Bertz CT molecular complexity index is 548. The normalized spacial score (nSPS) is 12.6. The lowest BCUT2D eigenvalue weighted by atomic mass is 9.90. The molecule has 0 spiro atoms. The highest BCUT2D eigenvalue weighted by molar-refractivity contribution is 5.89. The van der Waals surface area contributed by atoms with Crippen LogP contribution in [0.25, 0.3) is 11.0 Å². The Balaban J connectivity index is 2.86. The average molecular weight is 233 g/mol. The predicted molar refractivity (Wildman–Crippen MR) is 68.8 cm³/mol. The Labute approximate surface area is 101 Å². The van der Waals surface area contributed by atoms with E-state index in [2.05, 4.69) is 49.7 Å². The van der Waals surface area contributed by atoms with Gasteiger partial charge in [0.05, 0.1) is 11.1 Å². The van der Waals surface area contributed by atoms with E-state index < -0.39 is 0 Å². The van der Waals surface area contributed by atoms with Crippen molar-refractivity contribution in [3.8, 4) is 0 Å². The van der Waals surface area contributed by atoms with Gasteiger partial charge in [0.1, 0.15) is 12.1 Å². The van der Waals surface area contributed by atoms with Crippen molar-refractivity contribution in [2.24, 2.45) is 0 Å². The van der Waals surface area contributed by atoms with Crippen molar-refractivity contribution in [2.75, 3.05) is 5.73 Å². The van der Waals surface area contributed by atoms with Crippen LogP contribution in [0.15, 0.2) is 6.33 Å². The Morgan fingerprint density at radius 1 is 1.24 bits per heavy atom. The number of fused-ring (bicyclic) bond motifs is 1. The largest absolute Gasteiger partial charge is 0.383 e. The van der Waals surface area contributed by atoms with Gasteiger partial charge in [0.2, 0.25) is 0 Å². The van der Waals surface area contributed by atoms with Crippen LogP contribution >= 0.6 is 0 Å². The standard InChI is InChI=1S/C12H19N5/c1-7(2)17-11-8(10(13)14-6-15-11)9(16-17)12(3,4)5/h6-7H,1-5H3,(H2,13,14,15). The second kappa shape index (κ2) is 3.68. The number of hydrogen-bond donors (Lipinski definition) is 1. The molecular weight excluding hydrogens is 214 g/mol. The third kappa shape index (κ3) is 1.85. The van der Waals surface area contributed by atoms with Crippen LogP contribution in [0.2, 0.25) is 0 Å². The second-order valence-corrected chi connectivity index (χ2v) is 5.59. The molecule has 0 amide bonds. The van der Waals surface area contributed by atoms with Gasteiger partial charge >= 0.3 is 0 Å². The molecule has 2 aromatic heterocycles. The molecule has 0 aliphatic rings. The lowest BCUT2D eigenvalue weighted by molar-refractivity contribution is 0.503. The van der Waals surface area contributed by atoms with Crippen molar-refractivity contribution < 1.29 is 0 Å². The molecule has 0 radical (unpaired) electrons. The van der Waals surface area contributed by atoms with Gasteiger partial charge in [0.25, 0.3) is 0 Å². The summed E-state index contributed by atoms with van der Waals surface area (Å²) < 4.78 is 1.91. The van der Waals surface area contributed by atoms with E-state index in [9.17, 15) is 0 Å². The summed E-state index contributed by atoms with van der Waals surface area (Å²) in [5, 5.41) is 5.54. The van der Waals surface area contributed by atoms with E-state index >= 15 is 0 Å². The molecular formula is C12H19N5. The van der Waals surface area contributed by atoms with Crippen LogP contribution in [0.5, 0.6) is 0 Å². The maximum atomic E-state index is 5.96. The Morgan fingerprint density at radius 2 is 1.88 bits per heavy atom. The molecule has 0 saturated heterocycles. The monoisotopic (exact) mass is 233 g/mol. The van der Waals surface area contributed by atoms with E-state index in [4.69, 9.17) is 5.73 Å². The van der Waals surface area contributed by atoms with Crippen LogP contribution in [0.4, 0.5) is 5.82 Å². The molecule has 0 aliphatic heterocycles. The fraction of sp³-hybridized carbons (Fsp3) is 0.583. The summed E-state index contributed by atoms with van der Waals surface area (Å²) in [6.07, 6.45) is 1.49. The lowest BCUT2D eigenvalue weighted by Crippen LogP contribution is -2.14. The summed E-state index contributed by atoms with van der Waals surface area (Å²) in [6.45, 7) is 10.5. The molecule has 0 unspecified atom stereocenters. The molecule has 0 saturated carbocycles.